The number of hydrogen-bond donors (Lipinski definition) is 3. The van der Waals surface area contributed by atoms with E-state index in [0.717, 1.165) is 12.1 Å². The fourth-order valence-corrected chi connectivity index (χ4v) is 1.97. The van der Waals surface area contributed by atoms with Gasteiger partial charge in [0.15, 0.2) is 0 Å². The van der Waals surface area contributed by atoms with Crippen LogP contribution in [0.1, 0.15) is 27.2 Å². The summed E-state index contributed by atoms with van der Waals surface area (Å²) in [5.74, 6) is -1.66. The highest BCUT2D eigenvalue weighted by Gasteiger charge is 2.21. The first-order chi connectivity index (χ1) is 9.21. The van der Waals surface area contributed by atoms with E-state index in [9.17, 15) is 18.7 Å². The second-order valence-electron chi connectivity index (χ2n) is 5.62. The van der Waals surface area contributed by atoms with Gasteiger partial charge in [0.05, 0.1) is 6.10 Å². The molecule has 0 saturated carbocycles. The first kappa shape index (κ1) is 16.4. The van der Waals surface area contributed by atoms with E-state index in [-0.39, 0.29) is 12.0 Å². The molecule has 0 fully saturated rings. The third kappa shape index (κ3) is 5.13. The zero-order chi connectivity index (χ0) is 15.3. The van der Waals surface area contributed by atoms with Gasteiger partial charge in [-0.2, -0.15) is 0 Å². The van der Waals surface area contributed by atoms with Crippen LogP contribution in [0.5, 0.6) is 0 Å². The third-order valence-corrected chi connectivity index (χ3v) is 2.78. The van der Waals surface area contributed by atoms with Gasteiger partial charge in [0.25, 0.3) is 0 Å². The van der Waals surface area contributed by atoms with Gasteiger partial charge in [-0.25, -0.2) is 13.6 Å². The van der Waals surface area contributed by atoms with Gasteiger partial charge in [-0.1, -0.05) is 19.9 Å². The Morgan fingerprint density at radius 2 is 1.90 bits per heavy atom. The fraction of sp³-hybridized carbons (Fsp3) is 0.500. The molecule has 3 N–H and O–H groups in total. The molecule has 0 saturated heterocycles. The molecule has 112 valence electrons. The standard InChI is InChI=1S/C14H20F2N2O2/c1-9(19)7-14(2,3)8-17-13(20)18-12-10(15)5-4-6-11(12)16/h4-6,9,19H,7-8H2,1-3H3,(H2,17,18,20). The maximum atomic E-state index is 13.3. The summed E-state index contributed by atoms with van der Waals surface area (Å²) in [4.78, 5) is 11.6. The molecule has 4 nitrogen and oxygen atoms in total. The molecular weight excluding hydrogens is 266 g/mol. The smallest absolute Gasteiger partial charge is 0.319 e. The van der Waals surface area contributed by atoms with E-state index in [4.69, 9.17) is 0 Å². The van der Waals surface area contributed by atoms with Crippen molar-refractivity contribution in [3.63, 3.8) is 0 Å². The number of para-hydroxylation sites is 1. The van der Waals surface area contributed by atoms with E-state index in [1.165, 1.54) is 6.07 Å². The van der Waals surface area contributed by atoms with E-state index >= 15 is 0 Å². The molecule has 0 radical (unpaired) electrons. The summed E-state index contributed by atoms with van der Waals surface area (Å²) in [7, 11) is 0. The summed E-state index contributed by atoms with van der Waals surface area (Å²) >= 11 is 0. The number of halogens is 2. The van der Waals surface area contributed by atoms with Crippen molar-refractivity contribution in [1.29, 1.82) is 0 Å². The molecule has 1 aromatic rings. The van der Waals surface area contributed by atoms with Crippen LogP contribution < -0.4 is 10.6 Å². The van der Waals surface area contributed by atoms with Crippen LogP contribution in [-0.2, 0) is 0 Å². The lowest BCUT2D eigenvalue weighted by Crippen LogP contribution is -2.38. The van der Waals surface area contributed by atoms with Crippen molar-refractivity contribution < 1.29 is 18.7 Å². The lowest BCUT2D eigenvalue weighted by atomic mass is 9.87. The van der Waals surface area contributed by atoms with Gasteiger partial charge in [0, 0.05) is 6.54 Å². The predicted octanol–water partition coefficient (Wildman–Crippen LogP) is 2.88. The highest BCUT2D eigenvalue weighted by atomic mass is 19.1. The molecule has 1 unspecified atom stereocenters. The summed E-state index contributed by atoms with van der Waals surface area (Å²) in [5, 5.41) is 14.0. The number of carbonyl (C=O) groups excluding carboxylic acids is 1. The van der Waals surface area contributed by atoms with Gasteiger partial charge in [-0.15, -0.1) is 0 Å². The molecule has 1 aromatic carbocycles. The Morgan fingerprint density at radius 3 is 2.40 bits per heavy atom. The van der Waals surface area contributed by atoms with Crippen molar-refractivity contribution in [3.05, 3.63) is 29.8 Å². The van der Waals surface area contributed by atoms with Crippen molar-refractivity contribution in [2.45, 2.75) is 33.3 Å². The molecule has 0 aliphatic carbocycles. The predicted molar refractivity (Wildman–Crippen MR) is 73.5 cm³/mol. The monoisotopic (exact) mass is 286 g/mol. The van der Waals surface area contributed by atoms with Crippen molar-refractivity contribution in [2.75, 3.05) is 11.9 Å². The second kappa shape index (κ2) is 6.65. The molecule has 2 amide bonds. The van der Waals surface area contributed by atoms with Crippen LogP contribution in [0.25, 0.3) is 0 Å². The van der Waals surface area contributed by atoms with E-state index in [1.54, 1.807) is 6.92 Å². The Labute approximate surface area is 117 Å². The van der Waals surface area contributed by atoms with Crippen LogP contribution in [-0.4, -0.2) is 23.8 Å². The van der Waals surface area contributed by atoms with Crippen LogP contribution in [0.3, 0.4) is 0 Å². The number of hydrogen-bond acceptors (Lipinski definition) is 2. The lowest BCUT2D eigenvalue weighted by Gasteiger charge is -2.26. The summed E-state index contributed by atoms with van der Waals surface area (Å²) < 4.78 is 26.7. The van der Waals surface area contributed by atoms with Crippen LogP contribution in [0.2, 0.25) is 0 Å². The zero-order valence-electron chi connectivity index (χ0n) is 11.8. The lowest BCUT2D eigenvalue weighted by molar-refractivity contribution is 0.129. The van der Waals surface area contributed by atoms with Crippen molar-refractivity contribution in [1.82, 2.24) is 5.32 Å². The topological polar surface area (TPSA) is 61.4 Å². The molecule has 0 aromatic heterocycles. The number of nitrogens with one attached hydrogen (secondary N) is 2. The maximum absolute atomic E-state index is 13.3. The molecule has 0 heterocycles. The Balaban J connectivity index is 2.56. The number of carbonyl (C=O) groups is 1. The highest BCUT2D eigenvalue weighted by Crippen LogP contribution is 2.21. The summed E-state index contributed by atoms with van der Waals surface area (Å²) in [6, 6.07) is 2.67. The molecule has 1 rings (SSSR count). The Kier molecular flexibility index (Phi) is 5.44. The van der Waals surface area contributed by atoms with Crippen molar-refractivity contribution in [2.24, 2.45) is 5.41 Å². The van der Waals surface area contributed by atoms with Crippen molar-refractivity contribution in [3.8, 4) is 0 Å². The number of aliphatic hydroxyl groups excluding tert-OH is 1. The first-order valence-corrected chi connectivity index (χ1v) is 6.38. The molecular formula is C14H20F2N2O2. The average molecular weight is 286 g/mol. The Morgan fingerprint density at radius 1 is 1.35 bits per heavy atom. The largest absolute Gasteiger partial charge is 0.393 e. The van der Waals surface area contributed by atoms with Gasteiger partial charge in [-0.05, 0) is 30.9 Å². The summed E-state index contributed by atoms with van der Waals surface area (Å²) in [5.41, 5.74) is -0.794. The minimum atomic E-state index is -0.830. The molecule has 0 aliphatic heterocycles. The van der Waals surface area contributed by atoms with Gasteiger partial charge in [-0.3, -0.25) is 0 Å². The number of anilines is 1. The summed E-state index contributed by atoms with van der Waals surface area (Å²) in [6.07, 6.45) is 0.0142. The third-order valence-electron chi connectivity index (χ3n) is 2.78. The average Bonchev–Trinajstić information content (AvgIpc) is 2.30. The SMILES string of the molecule is CC(O)CC(C)(C)CNC(=O)Nc1c(F)cccc1F. The zero-order valence-corrected chi connectivity index (χ0v) is 11.8. The number of rotatable bonds is 5. The molecule has 20 heavy (non-hydrogen) atoms. The highest BCUT2D eigenvalue weighted by molar-refractivity contribution is 5.89. The number of benzene rings is 1. The van der Waals surface area contributed by atoms with Gasteiger partial charge < -0.3 is 15.7 Å². The van der Waals surface area contributed by atoms with E-state index in [0.29, 0.717) is 6.42 Å². The molecule has 0 aliphatic rings. The van der Waals surface area contributed by atoms with Crippen LogP contribution in [0.15, 0.2) is 18.2 Å². The summed E-state index contributed by atoms with van der Waals surface area (Å²) in [6.45, 7) is 5.70. The van der Waals surface area contributed by atoms with E-state index < -0.39 is 29.5 Å². The quantitative estimate of drug-likeness (QED) is 0.779. The Hall–Kier alpha value is -1.69. The molecule has 1 atom stereocenters. The van der Waals surface area contributed by atoms with Gasteiger partial charge >= 0.3 is 6.03 Å². The van der Waals surface area contributed by atoms with Crippen LogP contribution in [0.4, 0.5) is 19.3 Å². The molecule has 0 bridgehead atoms. The minimum Gasteiger partial charge on any atom is -0.393 e. The van der Waals surface area contributed by atoms with Gasteiger partial charge in [0.2, 0.25) is 0 Å². The number of amides is 2. The minimum absolute atomic E-state index is 0.278. The van der Waals surface area contributed by atoms with E-state index in [1.807, 2.05) is 13.8 Å². The van der Waals surface area contributed by atoms with Crippen LogP contribution in [0, 0.1) is 17.0 Å². The van der Waals surface area contributed by atoms with Gasteiger partial charge in [0.1, 0.15) is 17.3 Å². The van der Waals surface area contributed by atoms with Crippen molar-refractivity contribution >= 4 is 11.7 Å². The number of aliphatic hydroxyl groups is 1. The number of urea groups is 1. The first-order valence-electron chi connectivity index (χ1n) is 6.38. The maximum Gasteiger partial charge on any atom is 0.319 e. The molecule has 6 heteroatoms. The Bertz CT molecular complexity index is 456. The normalized spacial score (nSPS) is 12.9. The second-order valence-corrected chi connectivity index (χ2v) is 5.62. The molecule has 0 spiro atoms. The van der Waals surface area contributed by atoms with Crippen LogP contribution >= 0.6 is 0 Å². The van der Waals surface area contributed by atoms with E-state index in [2.05, 4.69) is 10.6 Å². The fourth-order valence-electron chi connectivity index (χ4n) is 1.97.